The molecule has 0 aromatic heterocycles. The van der Waals surface area contributed by atoms with Gasteiger partial charge in [0.15, 0.2) is 0 Å². The van der Waals surface area contributed by atoms with E-state index in [2.05, 4.69) is 33.9 Å². The fourth-order valence-electron chi connectivity index (χ4n) is 5.37. The van der Waals surface area contributed by atoms with Gasteiger partial charge in [0.25, 0.3) is 0 Å². The number of thiol groups is 1. The Labute approximate surface area is 364 Å². The van der Waals surface area contributed by atoms with E-state index in [1.165, 1.54) is 51.4 Å². The predicted molar refractivity (Wildman–Crippen MR) is 227 cm³/mol. The molecule has 6 amide bonds. The van der Waals surface area contributed by atoms with Gasteiger partial charge in [0.05, 0.1) is 85.6 Å². The summed E-state index contributed by atoms with van der Waals surface area (Å²) in [5.74, 6) is -5.53. The number of rotatable bonds is 43. The molecule has 0 aliphatic heterocycles. The normalized spacial score (nSPS) is 12.5. The molecule has 21 nitrogen and oxygen atoms in total. The molecule has 0 aliphatic rings. The van der Waals surface area contributed by atoms with Gasteiger partial charge in [-0.25, -0.2) is 0 Å². The molecule has 0 aromatic rings. The lowest BCUT2D eigenvalue weighted by Crippen LogP contribution is -2.56. The van der Waals surface area contributed by atoms with E-state index in [1.807, 2.05) is 5.32 Å². The number of amides is 6. The number of hydrogen-bond donors (Lipinski definition) is 10. The summed E-state index contributed by atoms with van der Waals surface area (Å²) in [4.78, 5) is 85.2. The van der Waals surface area contributed by atoms with Crippen molar-refractivity contribution in [3.05, 3.63) is 0 Å². The van der Waals surface area contributed by atoms with E-state index in [-0.39, 0.29) is 26.1 Å². The van der Waals surface area contributed by atoms with E-state index in [0.29, 0.717) is 65.6 Å². The third-order valence-corrected chi connectivity index (χ3v) is 9.07. The molecule has 61 heavy (non-hydrogen) atoms. The molecule has 0 bridgehead atoms. The number of aliphatic carboxylic acids is 1. The van der Waals surface area contributed by atoms with Crippen molar-refractivity contribution in [2.75, 3.05) is 98.1 Å². The van der Waals surface area contributed by atoms with Gasteiger partial charge < -0.3 is 71.9 Å². The van der Waals surface area contributed by atoms with E-state index in [0.717, 1.165) is 18.8 Å². The number of unbranched alkanes of at least 4 members (excludes halogenated alkanes) is 9. The van der Waals surface area contributed by atoms with Crippen molar-refractivity contribution in [2.24, 2.45) is 11.5 Å². The van der Waals surface area contributed by atoms with Gasteiger partial charge in [-0.15, -0.1) is 0 Å². The van der Waals surface area contributed by atoms with Crippen molar-refractivity contribution >= 4 is 54.0 Å². The standard InChI is InChI=1S/C39H73N7O14S/c40-14-9-8-12-30(38(54)43-28-35(50)45-31(26-36(51)52)39(55)46-32(29-47)37(41)53)44-34(49)27-42-33(48)13-16-57-18-20-59-22-24-60-23-21-58-19-17-56-15-10-6-4-2-1-3-5-7-11-25-61/h30-32,47,61H,1-29,40H2,(H2,41,53)(H,42,48)(H,43,54)(H,44,49)(H,45,50)(H,46,55)(H,51,52)/t30-,31-,32-/m0/s1. The number of nitrogens with two attached hydrogens (primary N) is 2. The lowest BCUT2D eigenvalue weighted by Gasteiger charge is -2.21. The molecule has 0 rings (SSSR count). The third kappa shape index (κ3) is 35.6. The molecule has 0 saturated heterocycles. The number of aliphatic hydroxyl groups is 1. The molecule has 0 unspecified atom stereocenters. The van der Waals surface area contributed by atoms with Gasteiger partial charge in [0.1, 0.15) is 18.1 Å². The second kappa shape index (κ2) is 40.4. The Bertz CT molecular complexity index is 1220. The number of nitrogens with one attached hydrogen (secondary N) is 5. The van der Waals surface area contributed by atoms with Gasteiger partial charge in [-0.1, -0.05) is 44.9 Å². The maximum absolute atomic E-state index is 12.9. The zero-order valence-corrected chi connectivity index (χ0v) is 36.5. The number of ether oxygens (including phenoxy) is 5. The highest BCUT2D eigenvalue weighted by Crippen LogP contribution is 2.10. The van der Waals surface area contributed by atoms with Gasteiger partial charge in [-0.05, 0) is 44.4 Å². The summed E-state index contributed by atoms with van der Waals surface area (Å²) >= 11 is 4.24. The topological polar surface area (TPSA) is 318 Å². The molecule has 0 saturated carbocycles. The third-order valence-electron chi connectivity index (χ3n) is 8.75. The first-order valence-electron chi connectivity index (χ1n) is 21.2. The molecular weight excluding hydrogens is 823 g/mol. The van der Waals surface area contributed by atoms with Crippen LogP contribution in [-0.2, 0) is 57.2 Å². The SMILES string of the molecule is NCCCC[C@H](NC(=O)CNC(=O)CCOCCOCCOCCOCCOCCCCCCCCCCCS)C(=O)NCC(=O)N[C@@H](CC(=O)O)C(=O)N[C@@H](CO)C(N)=O. The van der Waals surface area contributed by atoms with Crippen molar-refractivity contribution in [2.45, 2.75) is 108 Å². The van der Waals surface area contributed by atoms with Gasteiger partial charge in [-0.3, -0.25) is 33.6 Å². The lowest BCUT2D eigenvalue weighted by molar-refractivity contribution is -0.141. The average Bonchev–Trinajstić information content (AvgIpc) is 3.23. The highest BCUT2D eigenvalue weighted by atomic mass is 32.1. The Hall–Kier alpha value is -3.64. The van der Waals surface area contributed by atoms with Crippen LogP contribution in [0.1, 0.15) is 89.9 Å². The number of carboxylic acid groups (broad SMARTS) is 1. The van der Waals surface area contributed by atoms with Gasteiger partial charge in [0.2, 0.25) is 35.4 Å². The van der Waals surface area contributed by atoms with Crippen LogP contribution in [0.3, 0.4) is 0 Å². The van der Waals surface area contributed by atoms with Crippen LogP contribution in [0, 0.1) is 0 Å². The maximum Gasteiger partial charge on any atom is 0.305 e. The quantitative estimate of drug-likeness (QED) is 0.0251. The zero-order valence-electron chi connectivity index (χ0n) is 35.6. The van der Waals surface area contributed by atoms with Crippen molar-refractivity contribution in [3.63, 3.8) is 0 Å². The Balaban J connectivity index is 4.12. The first-order valence-corrected chi connectivity index (χ1v) is 21.8. The molecule has 11 N–H and O–H groups in total. The molecule has 0 spiro atoms. The van der Waals surface area contributed by atoms with Gasteiger partial charge in [0, 0.05) is 13.0 Å². The molecule has 0 aliphatic carbocycles. The van der Waals surface area contributed by atoms with E-state index in [9.17, 15) is 38.7 Å². The highest BCUT2D eigenvalue weighted by Gasteiger charge is 2.28. The van der Waals surface area contributed by atoms with Crippen molar-refractivity contribution in [1.82, 2.24) is 26.6 Å². The molecule has 3 atom stereocenters. The summed E-state index contributed by atoms with van der Waals surface area (Å²) in [6.45, 7) is 2.49. The maximum atomic E-state index is 12.9. The van der Waals surface area contributed by atoms with E-state index < -0.39 is 85.7 Å². The van der Waals surface area contributed by atoms with E-state index in [1.54, 1.807) is 0 Å². The average molecular weight is 896 g/mol. The van der Waals surface area contributed by atoms with Gasteiger partial charge >= 0.3 is 5.97 Å². The summed E-state index contributed by atoms with van der Waals surface area (Å²) in [5, 5.41) is 29.7. The number of aliphatic hydroxyl groups excluding tert-OH is 1. The van der Waals surface area contributed by atoms with Crippen molar-refractivity contribution < 1.29 is 67.5 Å². The van der Waals surface area contributed by atoms with Crippen LogP contribution in [0.4, 0.5) is 0 Å². The Morgan fingerprint density at radius 2 is 1.00 bits per heavy atom. The largest absolute Gasteiger partial charge is 0.481 e. The molecule has 0 fully saturated rings. The monoisotopic (exact) mass is 895 g/mol. The summed E-state index contributed by atoms with van der Waals surface area (Å²) in [5.41, 5.74) is 10.6. The molecule has 354 valence electrons. The minimum atomic E-state index is -1.67. The molecule has 0 aromatic carbocycles. The number of hydrogen-bond acceptors (Lipinski definition) is 15. The fourth-order valence-corrected chi connectivity index (χ4v) is 5.60. The summed E-state index contributed by atoms with van der Waals surface area (Å²) in [6.07, 6.45) is 11.5. The zero-order chi connectivity index (χ0) is 45.4. The Morgan fingerprint density at radius 3 is 1.49 bits per heavy atom. The summed E-state index contributed by atoms with van der Waals surface area (Å²) in [7, 11) is 0. The Kier molecular flexibility index (Phi) is 38.0. The summed E-state index contributed by atoms with van der Waals surface area (Å²) in [6, 6.07) is -4.30. The van der Waals surface area contributed by atoms with Crippen LogP contribution in [-0.4, -0.2) is 168 Å². The second-order valence-electron chi connectivity index (χ2n) is 14.0. The van der Waals surface area contributed by atoms with Crippen LogP contribution in [0.2, 0.25) is 0 Å². The second-order valence-corrected chi connectivity index (χ2v) is 14.4. The van der Waals surface area contributed by atoms with Crippen LogP contribution in [0.25, 0.3) is 0 Å². The number of primary amides is 1. The molecule has 0 radical (unpaired) electrons. The molecule has 0 heterocycles. The van der Waals surface area contributed by atoms with Crippen LogP contribution in [0.15, 0.2) is 0 Å². The predicted octanol–water partition coefficient (Wildman–Crippen LogP) is -1.33. The molecule has 22 heteroatoms. The van der Waals surface area contributed by atoms with Crippen LogP contribution in [0.5, 0.6) is 0 Å². The van der Waals surface area contributed by atoms with Crippen molar-refractivity contribution in [1.29, 1.82) is 0 Å². The van der Waals surface area contributed by atoms with Crippen LogP contribution >= 0.6 is 12.6 Å². The van der Waals surface area contributed by atoms with Crippen molar-refractivity contribution in [3.8, 4) is 0 Å². The highest BCUT2D eigenvalue weighted by molar-refractivity contribution is 7.80. The Morgan fingerprint density at radius 1 is 0.525 bits per heavy atom. The first-order chi connectivity index (χ1) is 29.4. The minimum Gasteiger partial charge on any atom is -0.481 e. The smallest absolute Gasteiger partial charge is 0.305 e. The number of carbonyl (C=O) groups is 7. The van der Waals surface area contributed by atoms with E-state index >= 15 is 0 Å². The molecular formula is C39H73N7O14S. The number of carboxylic acids is 1. The first kappa shape index (κ1) is 57.4. The fraction of sp³-hybridized carbons (Fsp3) is 0.821. The van der Waals surface area contributed by atoms with Crippen LogP contribution < -0.4 is 38.1 Å². The van der Waals surface area contributed by atoms with Gasteiger partial charge in [-0.2, -0.15) is 12.6 Å². The summed E-state index contributed by atoms with van der Waals surface area (Å²) < 4.78 is 27.5. The van der Waals surface area contributed by atoms with E-state index in [4.69, 9.17) is 40.3 Å². The number of carbonyl (C=O) groups excluding carboxylic acids is 6. The lowest BCUT2D eigenvalue weighted by atomic mass is 10.1. The minimum absolute atomic E-state index is 0.0291.